The smallest absolute Gasteiger partial charge is 0.194 e. The summed E-state index contributed by atoms with van der Waals surface area (Å²) in [6.45, 7) is 13.2. The van der Waals surface area contributed by atoms with Crippen LogP contribution in [0, 0.1) is 5.92 Å². The fraction of sp³-hybridized carbons (Fsp3) is 0.650. The number of piperazine rings is 1. The van der Waals surface area contributed by atoms with Crippen LogP contribution in [0.2, 0.25) is 0 Å². The van der Waals surface area contributed by atoms with Gasteiger partial charge < -0.3 is 19.7 Å². The minimum Gasteiger partial charge on any atom is -0.493 e. The molecule has 0 saturated carbocycles. The first-order valence-corrected chi connectivity index (χ1v) is 9.55. The van der Waals surface area contributed by atoms with E-state index in [1.54, 1.807) is 7.11 Å². The molecule has 6 heteroatoms. The topological polar surface area (TPSA) is 49.3 Å². The fourth-order valence-electron chi connectivity index (χ4n) is 3.27. The molecule has 1 aromatic carbocycles. The van der Waals surface area contributed by atoms with Gasteiger partial charge in [0.25, 0.3) is 0 Å². The number of rotatable bonds is 7. The molecule has 0 atom stereocenters. The number of aliphatic imine (C=N–C) groups is 1. The molecule has 1 fully saturated rings. The van der Waals surface area contributed by atoms with E-state index in [1.807, 2.05) is 26.1 Å². The first-order chi connectivity index (χ1) is 12.6. The molecule has 1 aliphatic rings. The van der Waals surface area contributed by atoms with Crippen molar-refractivity contribution in [1.82, 2.24) is 15.1 Å². The van der Waals surface area contributed by atoms with Crippen LogP contribution >= 0.6 is 0 Å². The van der Waals surface area contributed by atoms with Gasteiger partial charge in [0.15, 0.2) is 17.5 Å². The van der Waals surface area contributed by atoms with E-state index in [0.717, 1.165) is 49.2 Å². The molecule has 0 amide bonds. The van der Waals surface area contributed by atoms with E-state index in [0.29, 0.717) is 19.1 Å². The Morgan fingerprint density at radius 3 is 2.50 bits per heavy atom. The minimum absolute atomic E-state index is 0.621. The monoisotopic (exact) mass is 362 g/mol. The van der Waals surface area contributed by atoms with Crippen molar-refractivity contribution in [2.75, 3.05) is 53.5 Å². The van der Waals surface area contributed by atoms with E-state index in [4.69, 9.17) is 9.47 Å². The maximum atomic E-state index is 5.66. The van der Waals surface area contributed by atoms with Gasteiger partial charge in [-0.1, -0.05) is 19.9 Å². The summed E-state index contributed by atoms with van der Waals surface area (Å²) in [6, 6.07) is 6.04. The predicted octanol–water partition coefficient (Wildman–Crippen LogP) is 2.44. The second kappa shape index (κ2) is 10.3. The number of methoxy groups -OCH3 is 1. The van der Waals surface area contributed by atoms with Gasteiger partial charge in [-0.05, 0) is 30.5 Å². The van der Waals surface area contributed by atoms with Crippen LogP contribution in [0.3, 0.4) is 0 Å². The third-order valence-electron chi connectivity index (χ3n) is 4.49. The van der Waals surface area contributed by atoms with Crippen LogP contribution in [0.15, 0.2) is 23.2 Å². The highest BCUT2D eigenvalue weighted by atomic mass is 16.5. The Labute approximate surface area is 158 Å². The summed E-state index contributed by atoms with van der Waals surface area (Å²) in [4.78, 5) is 9.33. The standard InChI is InChI=1S/C20H34N4O2/c1-6-26-19-13-17(7-8-18(19)25-5)14-22-20(21-4)24-11-9-23(10-12-24)15-16(2)3/h7-8,13,16H,6,9-12,14-15H2,1-5H3,(H,21,22). The average molecular weight is 363 g/mol. The Hall–Kier alpha value is -1.95. The van der Waals surface area contributed by atoms with E-state index in [2.05, 4.69) is 40.0 Å². The number of guanidine groups is 1. The van der Waals surface area contributed by atoms with Crippen molar-refractivity contribution in [3.63, 3.8) is 0 Å². The van der Waals surface area contributed by atoms with Gasteiger partial charge in [-0.25, -0.2) is 0 Å². The normalized spacial score (nSPS) is 16.1. The van der Waals surface area contributed by atoms with Gasteiger partial charge in [0, 0.05) is 46.3 Å². The molecule has 0 spiro atoms. The SMILES string of the molecule is CCOc1cc(CNC(=NC)N2CCN(CC(C)C)CC2)ccc1OC. The van der Waals surface area contributed by atoms with Crippen molar-refractivity contribution >= 4 is 5.96 Å². The molecule has 2 rings (SSSR count). The molecule has 0 bridgehead atoms. The Kier molecular flexibility index (Phi) is 8.04. The zero-order chi connectivity index (χ0) is 18.9. The molecule has 26 heavy (non-hydrogen) atoms. The maximum Gasteiger partial charge on any atom is 0.194 e. The molecule has 0 aliphatic carbocycles. The van der Waals surface area contributed by atoms with Crippen molar-refractivity contribution < 1.29 is 9.47 Å². The van der Waals surface area contributed by atoms with Gasteiger partial charge in [0.1, 0.15) is 0 Å². The van der Waals surface area contributed by atoms with E-state index < -0.39 is 0 Å². The number of benzene rings is 1. The van der Waals surface area contributed by atoms with E-state index in [1.165, 1.54) is 6.54 Å². The lowest BCUT2D eigenvalue weighted by atomic mass is 10.2. The van der Waals surface area contributed by atoms with Crippen LogP contribution in [-0.2, 0) is 6.54 Å². The zero-order valence-electron chi connectivity index (χ0n) is 16.9. The molecule has 1 aromatic rings. The highest BCUT2D eigenvalue weighted by molar-refractivity contribution is 5.80. The molecule has 0 unspecified atom stereocenters. The molecular weight excluding hydrogens is 328 g/mol. The summed E-state index contributed by atoms with van der Waals surface area (Å²) in [6.07, 6.45) is 0. The summed E-state index contributed by atoms with van der Waals surface area (Å²) < 4.78 is 11.0. The predicted molar refractivity (Wildman–Crippen MR) is 107 cm³/mol. The van der Waals surface area contributed by atoms with Crippen molar-refractivity contribution in [3.8, 4) is 11.5 Å². The lowest BCUT2D eigenvalue weighted by molar-refractivity contribution is 0.164. The molecule has 1 N–H and O–H groups in total. The Bertz CT molecular complexity index is 581. The van der Waals surface area contributed by atoms with Gasteiger partial charge in [0.05, 0.1) is 13.7 Å². The van der Waals surface area contributed by atoms with E-state index >= 15 is 0 Å². The van der Waals surface area contributed by atoms with Crippen LogP contribution in [0.25, 0.3) is 0 Å². The number of hydrogen-bond acceptors (Lipinski definition) is 4. The van der Waals surface area contributed by atoms with Crippen molar-refractivity contribution in [3.05, 3.63) is 23.8 Å². The molecule has 6 nitrogen and oxygen atoms in total. The van der Waals surface area contributed by atoms with E-state index in [9.17, 15) is 0 Å². The zero-order valence-corrected chi connectivity index (χ0v) is 16.9. The van der Waals surface area contributed by atoms with Crippen LogP contribution in [0.4, 0.5) is 0 Å². The Morgan fingerprint density at radius 2 is 1.92 bits per heavy atom. The van der Waals surface area contributed by atoms with Gasteiger partial charge in [-0.2, -0.15) is 0 Å². The summed E-state index contributed by atoms with van der Waals surface area (Å²) in [7, 11) is 3.51. The molecule has 1 heterocycles. The van der Waals surface area contributed by atoms with Crippen LogP contribution < -0.4 is 14.8 Å². The van der Waals surface area contributed by atoms with Crippen molar-refractivity contribution in [2.24, 2.45) is 10.9 Å². The quantitative estimate of drug-likeness (QED) is 0.596. The van der Waals surface area contributed by atoms with Crippen molar-refractivity contribution in [1.29, 1.82) is 0 Å². The summed E-state index contributed by atoms with van der Waals surface area (Å²) in [5.74, 6) is 3.23. The molecule has 0 aromatic heterocycles. The van der Waals surface area contributed by atoms with Gasteiger partial charge in [0.2, 0.25) is 0 Å². The van der Waals surface area contributed by atoms with Gasteiger partial charge >= 0.3 is 0 Å². The van der Waals surface area contributed by atoms with Gasteiger partial charge in [-0.3, -0.25) is 9.89 Å². The summed E-state index contributed by atoms with van der Waals surface area (Å²) in [5, 5.41) is 3.48. The molecular formula is C20H34N4O2. The molecule has 1 saturated heterocycles. The third-order valence-corrected chi connectivity index (χ3v) is 4.49. The van der Waals surface area contributed by atoms with Gasteiger partial charge in [-0.15, -0.1) is 0 Å². The van der Waals surface area contributed by atoms with E-state index in [-0.39, 0.29) is 0 Å². The second-order valence-electron chi connectivity index (χ2n) is 7.00. The first-order valence-electron chi connectivity index (χ1n) is 9.55. The summed E-state index contributed by atoms with van der Waals surface area (Å²) >= 11 is 0. The third kappa shape index (κ3) is 5.80. The highest BCUT2D eigenvalue weighted by Crippen LogP contribution is 2.28. The van der Waals surface area contributed by atoms with Crippen LogP contribution in [-0.4, -0.2) is 69.2 Å². The number of hydrogen-bond donors (Lipinski definition) is 1. The first kappa shape index (κ1) is 20.4. The largest absolute Gasteiger partial charge is 0.493 e. The molecule has 0 radical (unpaired) electrons. The Morgan fingerprint density at radius 1 is 1.19 bits per heavy atom. The number of nitrogens with one attached hydrogen (secondary N) is 1. The van der Waals surface area contributed by atoms with Crippen LogP contribution in [0.1, 0.15) is 26.3 Å². The number of nitrogens with zero attached hydrogens (tertiary/aromatic N) is 3. The lowest BCUT2D eigenvalue weighted by Gasteiger charge is -2.37. The van der Waals surface area contributed by atoms with Crippen molar-refractivity contribution in [2.45, 2.75) is 27.3 Å². The highest BCUT2D eigenvalue weighted by Gasteiger charge is 2.20. The average Bonchev–Trinajstić information content (AvgIpc) is 2.63. The fourth-order valence-corrected chi connectivity index (χ4v) is 3.27. The maximum absolute atomic E-state index is 5.66. The minimum atomic E-state index is 0.621. The van der Waals surface area contributed by atoms with Crippen LogP contribution in [0.5, 0.6) is 11.5 Å². The second-order valence-corrected chi connectivity index (χ2v) is 7.00. The molecule has 1 aliphatic heterocycles. The number of ether oxygens (including phenoxy) is 2. The Balaban J connectivity index is 1.90. The lowest BCUT2D eigenvalue weighted by Crippen LogP contribution is -2.52. The molecule has 146 valence electrons. The summed E-state index contributed by atoms with van der Waals surface area (Å²) in [5.41, 5.74) is 1.15.